The highest BCUT2D eigenvalue weighted by molar-refractivity contribution is 6.40. The molecule has 0 aliphatic heterocycles. The molecule has 0 spiro atoms. The van der Waals surface area contributed by atoms with Crippen molar-refractivity contribution in [2.45, 2.75) is 13.1 Å². The number of ether oxygens (including phenoxy) is 1. The third kappa shape index (κ3) is 4.07. The molecule has 0 bridgehead atoms. The normalized spacial score (nSPS) is 10.6. The van der Waals surface area contributed by atoms with Crippen LogP contribution in [0.25, 0.3) is 5.53 Å². The van der Waals surface area contributed by atoms with Gasteiger partial charge in [0.1, 0.15) is 6.61 Å². The molecule has 20 heavy (non-hydrogen) atoms. The molecule has 0 atom stereocenters. The number of alkyl halides is 3. The number of hydrogen-bond acceptors (Lipinski definition) is 2. The molecule has 1 aromatic carbocycles. The Morgan fingerprint density at radius 1 is 1.45 bits per heavy atom. The van der Waals surface area contributed by atoms with E-state index < -0.39 is 23.4 Å². The minimum absolute atomic E-state index is 0.114. The maximum absolute atomic E-state index is 12.6. The minimum Gasteiger partial charge on any atom is -0.452 e. The molecule has 0 aromatic heterocycles. The van der Waals surface area contributed by atoms with Crippen LogP contribution in [-0.4, -0.2) is 23.1 Å². The first kappa shape index (κ1) is 15.7. The lowest BCUT2D eigenvalue weighted by molar-refractivity contribution is -0.140. The fourth-order valence-corrected chi connectivity index (χ4v) is 1.32. The van der Waals surface area contributed by atoms with Gasteiger partial charge in [-0.05, 0) is 30.7 Å². The summed E-state index contributed by atoms with van der Waals surface area (Å²) in [6.07, 6.45) is -4.56. The summed E-state index contributed by atoms with van der Waals surface area (Å²) >= 11 is 0. The van der Waals surface area contributed by atoms with Gasteiger partial charge in [-0.25, -0.2) is 4.79 Å². The highest BCUT2D eigenvalue weighted by Crippen LogP contribution is 2.29. The molecule has 0 fully saturated rings. The van der Waals surface area contributed by atoms with Crippen molar-refractivity contribution < 1.29 is 27.5 Å². The first-order valence-electron chi connectivity index (χ1n) is 5.47. The molecule has 0 unspecified atom stereocenters. The van der Waals surface area contributed by atoms with Crippen molar-refractivity contribution in [1.29, 1.82) is 0 Å². The van der Waals surface area contributed by atoms with E-state index in [4.69, 9.17) is 10.3 Å². The second kappa shape index (κ2) is 6.16. The highest BCUT2D eigenvalue weighted by atomic mass is 19.4. The number of benzene rings is 1. The van der Waals surface area contributed by atoms with Crippen molar-refractivity contribution in [3.63, 3.8) is 0 Å². The summed E-state index contributed by atoms with van der Waals surface area (Å²) < 4.78 is 42.4. The van der Waals surface area contributed by atoms with Crippen LogP contribution < -0.4 is 0 Å². The summed E-state index contributed by atoms with van der Waals surface area (Å²) in [4.78, 5) is 14.3. The van der Waals surface area contributed by atoms with Gasteiger partial charge in [-0.15, -0.1) is 0 Å². The number of carbonyl (C=O) groups is 1. The Kier molecular flexibility index (Phi) is 4.83. The molecule has 7 heteroatoms. The van der Waals surface area contributed by atoms with Crippen molar-refractivity contribution in [2.75, 3.05) is 6.61 Å². The Morgan fingerprint density at radius 2 is 2.10 bits per heavy atom. The molecule has 0 saturated heterocycles. The molecule has 106 valence electrons. The standard InChI is InChI=1S/C13H11F3N2O2/c1-8(2)7-20-12(19)11(18-17)9-4-3-5-10(6-9)13(14,15)16/h3-6H,1,7H2,2H3. The van der Waals surface area contributed by atoms with Crippen LogP contribution >= 0.6 is 0 Å². The molecule has 0 radical (unpaired) electrons. The van der Waals surface area contributed by atoms with Gasteiger partial charge in [-0.1, -0.05) is 12.6 Å². The lowest BCUT2D eigenvalue weighted by Gasteiger charge is -2.07. The average Bonchev–Trinajstić information content (AvgIpc) is 2.36. The summed E-state index contributed by atoms with van der Waals surface area (Å²) in [5.74, 6) is -1.03. The van der Waals surface area contributed by atoms with Gasteiger partial charge in [-0.3, -0.25) is 0 Å². The number of rotatable bonds is 4. The number of esters is 1. The van der Waals surface area contributed by atoms with E-state index in [0.29, 0.717) is 11.6 Å². The fourth-order valence-electron chi connectivity index (χ4n) is 1.32. The van der Waals surface area contributed by atoms with E-state index >= 15 is 0 Å². The highest BCUT2D eigenvalue weighted by Gasteiger charge is 2.33. The molecule has 0 heterocycles. The van der Waals surface area contributed by atoms with E-state index in [-0.39, 0.29) is 12.2 Å². The Hall–Kier alpha value is -2.40. The zero-order valence-electron chi connectivity index (χ0n) is 10.6. The predicted molar refractivity (Wildman–Crippen MR) is 64.9 cm³/mol. The fraction of sp³-hybridized carbons (Fsp3) is 0.231. The van der Waals surface area contributed by atoms with Crippen LogP contribution in [0.15, 0.2) is 36.4 Å². The smallest absolute Gasteiger partial charge is 0.422 e. The summed E-state index contributed by atoms with van der Waals surface area (Å²) in [5.41, 5.74) is 7.59. The number of hydrogen-bond donors (Lipinski definition) is 0. The largest absolute Gasteiger partial charge is 0.452 e. The second-order valence-electron chi connectivity index (χ2n) is 4.06. The molecule has 0 saturated carbocycles. The summed E-state index contributed by atoms with van der Waals surface area (Å²) in [5, 5.41) is 0. The maximum Gasteiger partial charge on any atom is 0.422 e. The Bertz CT molecular complexity index is 588. The topological polar surface area (TPSA) is 62.7 Å². The molecular formula is C13H11F3N2O2. The van der Waals surface area contributed by atoms with Gasteiger partial charge in [-0.2, -0.15) is 18.0 Å². The first-order valence-corrected chi connectivity index (χ1v) is 5.47. The lowest BCUT2D eigenvalue weighted by atomic mass is 10.1. The van der Waals surface area contributed by atoms with Crippen LogP contribution in [0.3, 0.4) is 0 Å². The predicted octanol–water partition coefficient (Wildman–Crippen LogP) is 2.84. The number of carbonyl (C=O) groups excluding carboxylic acids is 1. The van der Waals surface area contributed by atoms with E-state index in [1.165, 1.54) is 6.07 Å². The van der Waals surface area contributed by atoms with Crippen LogP contribution in [0, 0.1) is 0 Å². The molecule has 0 N–H and O–H groups in total. The van der Waals surface area contributed by atoms with Crippen molar-refractivity contribution in [3.05, 3.63) is 53.1 Å². The van der Waals surface area contributed by atoms with Gasteiger partial charge >= 0.3 is 17.9 Å². The number of halogens is 3. The van der Waals surface area contributed by atoms with Gasteiger partial charge in [0.2, 0.25) is 0 Å². The van der Waals surface area contributed by atoms with Gasteiger partial charge in [0, 0.05) is 0 Å². The Labute approximate surface area is 113 Å². The van der Waals surface area contributed by atoms with E-state index in [1.807, 2.05) is 0 Å². The summed E-state index contributed by atoms with van der Waals surface area (Å²) in [6, 6.07) is 3.87. The molecule has 4 nitrogen and oxygen atoms in total. The van der Waals surface area contributed by atoms with Crippen LogP contribution in [-0.2, 0) is 15.7 Å². The van der Waals surface area contributed by atoms with Crippen molar-refractivity contribution in [1.82, 2.24) is 0 Å². The van der Waals surface area contributed by atoms with Crippen LogP contribution in [0.1, 0.15) is 18.1 Å². The SMILES string of the molecule is C=C(C)COC(=O)C(=[N+]=[N-])c1cccc(C(F)(F)F)c1. The van der Waals surface area contributed by atoms with Gasteiger partial charge < -0.3 is 10.3 Å². The Morgan fingerprint density at radius 3 is 2.60 bits per heavy atom. The van der Waals surface area contributed by atoms with E-state index in [9.17, 15) is 18.0 Å². The van der Waals surface area contributed by atoms with E-state index in [2.05, 4.69) is 11.4 Å². The van der Waals surface area contributed by atoms with E-state index in [1.54, 1.807) is 6.92 Å². The molecule has 0 aliphatic carbocycles. The molecule has 1 rings (SSSR count). The molecule has 0 aliphatic rings. The minimum atomic E-state index is -4.56. The zero-order valence-corrected chi connectivity index (χ0v) is 10.6. The maximum atomic E-state index is 12.6. The van der Waals surface area contributed by atoms with Crippen molar-refractivity contribution in [2.24, 2.45) is 0 Å². The number of nitrogens with zero attached hydrogens (tertiary/aromatic N) is 2. The molecule has 0 amide bonds. The van der Waals surface area contributed by atoms with Gasteiger partial charge in [0.15, 0.2) is 0 Å². The molecular weight excluding hydrogens is 273 g/mol. The summed E-state index contributed by atoms with van der Waals surface area (Å²) in [7, 11) is 0. The van der Waals surface area contributed by atoms with Crippen LogP contribution in [0.4, 0.5) is 13.2 Å². The lowest BCUT2D eigenvalue weighted by Crippen LogP contribution is -2.21. The van der Waals surface area contributed by atoms with Crippen molar-refractivity contribution in [3.8, 4) is 0 Å². The first-order chi connectivity index (χ1) is 9.25. The van der Waals surface area contributed by atoms with Crippen molar-refractivity contribution >= 4 is 11.7 Å². The molecule has 1 aromatic rings. The van der Waals surface area contributed by atoms with Crippen LogP contribution in [0.5, 0.6) is 0 Å². The van der Waals surface area contributed by atoms with E-state index in [0.717, 1.165) is 12.1 Å². The van der Waals surface area contributed by atoms with Crippen LogP contribution in [0.2, 0.25) is 0 Å². The quantitative estimate of drug-likeness (QED) is 0.280. The third-order valence-electron chi connectivity index (χ3n) is 2.21. The zero-order chi connectivity index (χ0) is 15.3. The summed E-state index contributed by atoms with van der Waals surface area (Å²) in [6.45, 7) is 4.99. The monoisotopic (exact) mass is 284 g/mol. The second-order valence-corrected chi connectivity index (χ2v) is 4.06. The average molecular weight is 284 g/mol. The third-order valence-corrected chi connectivity index (χ3v) is 2.21. The van der Waals surface area contributed by atoms with Gasteiger partial charge in [0.25, 0.3) is 0 Å². The van der Waals surface area contributed by atoms with Gasteiger partial charge in [0.05, 0.1) is 11.1 Å². The Balaban J connectivity index is 3.06.